The van der Waals surface area contributed by atoms with Crippen molar-refractivity contribution in [1.82, 2.24) is 4.98 Å². The van der Waals surface area contributed by atoms with E-state index in [-0.39, 0.29) is 6.03 Å². The third-order valence-corrected chi connectivity index (χ3v) is 2.24. The molecule has 0 aliphatic carbocycles. The minimum atomic E-state index is -0.351. The van der Waals surface area contributed by atoms with Crippen molar-refractivity contribution in [3.63, 3.8) is 0 Å². The molecule has 0 aliphatic heterocycles. The third-order valence-electron chi connectivity index (χ3n) is 1.75. The van der Waals surface area contributed by atoms with E-state index in [9.17, 15) is 4.79 Å². The molecule has 0 saturated carbocycles. The van der Waals surface area contributed by atoms with E-state index in [0.29, 0.717) is 9.72 Å². The van der Waals surface area contributed by atoms with Crippen LogP contribution in [0.3, 0.4) is 0 Å². The lowest BCUT2D eigenvalue weighted by Gasteiger charge is -2.04. The van der Waals surface area contributed by atoms with Crippen molar-refractivity contribution in [3.05, 3.63) is 40.5 Å². The predicted molar refractivity (Wildman–Crippen MR) is 68.3 cm³/mol. The van der Waals surface area contributed by atoms with Crippen LogP contribution in [0.2, 0.25) is 0 Å². The summed E-state index contributed by atoms with van der Waals surface area (Å²) in [6, 6.07) is 8.81. The second-order valence-corrected chi connectivity index (χ2v) is 3.85. The minimum Gasteiger partial charge on any atom is -0.438 e. The lowest BCUT2D eigenvalue weighted by molar-refractivity contribution is 0.262. The summed E-state index contributed by atoms with van der Waals surface area (Å²) >= 11 is 1.92. The van der Waals surface area contributed by atoms with E-state index in [2.05, 4.69) is 15.6 Å². The number of hydrogen-bond acceptors (Lipinski definition) is 3. The van der Waals surface area contributed by atoms with Gasteiger partial charge in [-0.25, -0.2) is 4.79 Å². The number of amides is 2. The maximum atomic E-state index is 11.5. The van der Waals surface area contributed by atoms with E-state index in [1.807, 2.05) is 40.8 Å². The Morgan fingerprint density at radius 3 is 2.62 bits per heavy atom. The van der Waals surface area contributed by atoms with Gasteiger partial charge in [-0.1, -0.05) is 18.2 Å². The van der Waals surface area contributed by atoms with Gasteiger partial charge in [0.05, 0.1) is 0 Å². The molecule has 2 aromatic rings. The SMILES string of the molecule is O=C(Nc1ccccc1)Nc1coc(I)n1. The third kappa shape index (κ3) is 2.96. The zero-order chi connectivity index (χ0) is 11.4. The van der Waals surface area contributed by atoms with E-state index in [4.69, 9.17) is 4.42 Å². The van der Waals surface area contributed by atoms with Crippen LogP contribution in [0.1, 0.15) is 0 Å². The predicted octanol–water partition coefficient (Wildman–Crippen LogP) is 2.92. The molecular weight excluding hydrogens is 321 g/mol. The Labute approximate surface area is 105 Å². The van der Waals surface area contributed by atoms with Crippen LogP contribution in [0.25, 0.3) is 0 Å². The smallest absolute Gasteiger partial charge is 0.324 e. The van der Waals surface area contributed by atoms with E-state index < -0.39 is 0 Å². The molecule has 2 rings (SSSR count). The summed E-state index contributed by atoms with van der Waals surface area (Å²) < 4.78 is 5.43. The van der Waals surface area contributed by atoms with Crippen LogP contribution in [0.4, 0.5) is 16.3 Å². The van der Waals surface area contributed by atoms with Crippen molar-refractivity contribution in [2.45, 2.75) is 0 Å². The highest BCUT2D eigenvalue weighted by Gasteiger charge is 2.05. The number of carbonyl (C=O) groups is 1. The number of carbonyl (C=O) groups excluding carboxylic acids is 1. The number of para-hydroxylation sites is 1. The molecular formula is C10H8IN3O2. The molecule has 82 valence electrons. The number of nitrogens with zero attached hydrogens (tertiary/aromatic N) is 1. The number of anilines is 2. The van der Waals surface area contributed by atoms with Crippen LogP contribution in [0, 0.1) is 3.90 Å². The molecule has 0 radical (unpaired) electrons. The first kappa shape index (κ1) is 10.9. The van der Waals surface area contributed by atoms with E-state index >= 15 is 0 Å². The van der Waals surface area contributed by atoms with Gasteiger partial charge in [-0.15, -0.1) is 0 Å². The number of halogens is 1. The molecule has 0 fully saturated rings. The van der Waals surface area contributed by atoms with Gasteiger partial charge in [0.2, 0.25) is 0 Å². The van der Waals surface area contributed by atoms with Crippen molar-refractivity contribution >= 4 is 40.1 Å². The molecule has 0 bridgehead atoms. The molecule has 0 aliphatic rings. The Kier molecular flexibility index (Phi) is 3.40. The van der Waals surface area contributed by atoms with Crippen molar-refractivity contribution < 1.29 is 9.21 Å². The zero-order valence-electron chi connectivity index (χ0n) is 8.11. The minimum absolute atomic E-state index is 0.351. The summed E-state index contributed by atoms with van der Waals surface area (Å²) in [4.78, 5) is 15.4. The molecule has 0 spiro atoms. The fraction of sp³-hybridized carbons (Fsp3) is 0. The van der Waals surface area contributed by atoms with Gasteiger partial charge >= 0.3 is 6.03 Å². The van der Waals surface area contributed by atoms with Crippen LogP contribution in [0.5, 0.6) is 0 Å². The molecule has 1 aromatic carbocycles. The van der Waals surface area contributed by atoms with Crippen molar-refractivity contribution in [1.29, 1.82) is 0 Å². The monoisotopic (exact) mass is 329 g/mol. The topological polar surface area (TPSA) is 67.2 Å². The first-order chi connectivity index (χ1) is 7.74. The second kappa shape index (κ2) is 4.97. The molecule has 1 heterocycles. The van der Waals surface area contributed by atoms with Crippen LogP contribution >= 0.6 is 22.6 Å². The van der Waals surface area contributed by atoms with Gasteiger partial charge in [0.25, 0.3) is 3.90 Å². The number of oxazole rings is 1. The first-order valence-electron chi connectivity index (χ1n) is 4.48. The van der Waals surface area contributed by atoms with E-state index in [1.165, 1.54) is 6.26 Å². The summed E-state index contributed by atoms with van der Waals surface area (Å²) in [6.07, 6.45) is 1.38. The average Bonchev–Trinajstić information content (AvgIpc) is 2.65. The highest BCUT2D eigenvalue weighted by atomic mass is 127. The molecule has 0 saturated heterocycles. The molecule has 0 atom stereocenters. The van der Waals surface area contributed by atoms with Crippen LogP contribution in [0.15, 0.2) is 41.0 Å². The highest BCUT2D eigenvalue weighted by Crippen LogP contribution is 2.10. The molecule has 2 N–H and O–H groups in total. The molecule has 6 heteroatoms. The Hall–Kier alpha value is -1.57. The van der Waals surface area contributed by atoms with Crippen LogP contribution in [-0.4, -0.2) is 11.0 Å². The van der Waals surface area contributed by atoms with Crippen molar-refractivity contribution in [2.24, 2.45) is 0 Å². The summed E-state index contributed by atoms with van der Waals surface area (Å²) in [5.41, 5.74) is 0.721. The fourth-order valence-electron chi connectivity index (χ4n) is 1.11. The van der Waals surface area contributed by atoms with Gasteiger partial charge in [-0.3, -0.25) is 5.32 Å². The fourth-order valence-corrected chi connectivity index (χ4v) is 1.50. The number of hydrogen-bond donors (Lipinski definition) is 2. The summed E-state index contributed by atoms with van der Waals surface area (Å²) in [5, 5.41) is 5.22. The second-order valence-electron chi connectivity index (χ2n) is 2.93. The lowest BCUT2D eigenvalue weighted by atomic mass is 10.3. The Bertz CT molecular complexity index is 484. The maximum absolute atomic E-state index is 11.5. The van der Waals surface area contributed by atoms with Gasteiger partial charge in [0, 0.05) is 28.3 Å². The van der Waals surface area contributed by atoms with Gasteiger partial charge < -0.3 is 9.73 Å². The van der Waals surface area contributed by atoms with Gasteiger partial charge in [0.1, 0.15) is 6.26 Å². The average molecular weight is 329 g/mol. The number of aromatic nitrogens is 1. The number of benzene rings is 1. The zero-order valence-corrected chi connectivity index (χ0v) is 10.3. The lowest BCUT2D eigenvalue weighted by Crippen LogP contribution is -2.19. The highest BCUT2D eigenvalue weighted by molar-refractivity contribution is 14.1. The normalized spacial score (nSPS) is 9.81. The number of rotatable bonds is 2. The first-order valence-corrected chi connectivity index (χ1v) is 5.56. The summed E-state index contributed by atoms with van der Waals surface area (Å²) in [7, 11) is 0. The van der Waals surface area contributed by atoms with Gasteiger partial charge in [-0.05, 0) is 12.1 Å². The molecule has 1 aromatic heterocycles. The van der Waals surface area contributed by atoms with Crippen molar-refractivity contribution in [3.8, 4) is 0 Å². The number of urea groups is 1. The maximum Gasteiger partial charge on any atom is 0.324 e. The Morgan fingerprint density at radius 2 is 2.00 bits per heavy atom. The van der Waals surface area contributed by atoms with E-state index in [0.717, 1.165) is 5.69 Å². The van der Waals surface area contributed by atoms with Gasteiger partial charge in [-0.2, -0.15) is 4.98 Å². The largest absolute Gasteiger partial charge is 0.438 e. The van der Waals surface area contributed by atoms with Crippen LogP contribution < -0.4 is 10.6 Å². The van der Waals surface area contributed by atoms with E-state index in [1.54, 1.807) is 12.1 Å². The molecule has 0 unspecified atom stereocenters. The van der Waals surface area contributed by atoms with Crippen LogP contribution in [-0.2, 0) is 0 Å². The quantitative estimate of drug-likeness (QED) is 0.833. The number of nitrogens with one attached hydrogen (secondary N) is 2. The molecule has 5 nitrogen and oxygen atoms in total. The Balaban J connectivity index is 1.95. The molecule has 2 amide bonds. The molecule has 16 heavy (non-hydrogen) atoms. The van der Waals surface area contributed by atoms with Crippen molar-refractivity contribution in [2.75, 3.05) is 10.6 Å². The summed E-state index contributed by atoms with van der Waals surface area (Å²) in [6.45, 7) is 0. The summed E-state index contributed by atoms with van der Waals surface area (Å²) in [5.74, 6) is 0.387. The Morgan fingerprint density at radius 1 is 1.25 bits per heavy atom. The standard InChI is InChI=1S/C10H8IN3O2/c11-9-13-8(6-16-9)14-10(15)12-7-4-2-1-3-5-7/h1-6H,(H2,12,14,15). The van der Waals surface area contributed by atoms with Gasteiger partial charge in [0.15, 0.2) is 5.82 Å².